The molecule has 1 aliphatic rings. The van der Waals surface area contributed by atoms with Gasteiger partial charge in [0.15, 0.2) is 12.1 Å². The number of nitrogens with zero attached hydrogens (tertiary/aromatic N) is 1. The molecule has 0 bridgehead atoms. The van der Waals surface area contributed by atoms with E-state index >= 15 is 0 Å². The van der Waals surface area contributed by atoms with Crippen LogP contribution in [-0.4, -0.2) is 27.9 Å². The molecule has 1 aromatic heterocycles. The number of unbranched alkanes of at least 4 members (excludes halogenated alkanes) is 12. The highest BCUT2D eigenvalue weighted by Crippen LogP contribution is 2.44. The third-order valence-electron chi connectivity index (χ3n) is 11.4. The number of amides is 1. The van der Waals surface area contributed by atoms with Crippen molar-refractivity contribution in [3.63, 3.8) is 0 Å². The second-order valence-electron chi connectivity index (χ2n) is 16.0. The van der Waals surface area contributed by atoms with Crippen molar-refractivity contribution in [2.45, 2.75) is 141 Å². The van der Waals surface area contributed by atoms with Gasteiger partial charge in [0.25, 0.3) is 5.22 Å². The minimum atomic E-state index is -0.595. The average Bonchev–Trinajstić information content (AvgIpc) is 3.72. The molecule has 1 aliphatic heterocycles. The van der Waals surface area contributed by atoms with Gasteiger partial charge in [0, 0.05) is 41.3 Å². The number of benzene rings is 4. The highest BCUT2D eigenvalue weighted by atomic mass is 32.2. The van der Waals surface area contributed by atoms with Crippen LogP contribution in [0, 0.1) is 5.92 Å². The summed E-state index contributed by atoms with van der Waals surface area (Å²) in [6.07, 6.45) is 16.4. The molecule has 6 rings (SSSR count). The molecule has 1 unspecified atom stereocenters. The molecular weight excluding hydrogens is 753 g/mol. The number of aliphatic hydroxyl groups is 1. The van der Waals surface area contributed by atoms with Crippen LogP contribution in [0.3, 0.4) is 0 Å². The summed E-state index contributed by atoms with van der Waals surface area (Å²) in [5, 5.41) is 13.4. The van der Waals surface area contributed by atoms with Crippen molar-refractivity contribution in [1.29, 1.82) is 0 Å². The standard InChI is InChI=1S/C51H64N2O5S/c1-3-4-5-6-7-8-9-10-11-12-13-14-21-26-46(55)52-35-39-27-33-44(34-28-39)50-56-45(38(2)48(57-50)43-31-29-40(36-54)30-32-43)37-59-51-53-47(41-22-17-15-18-23-41)49(58-51)42-24-19-16-20-25-42/h15-20,22-25,27-34,38,45,48,50,54H,3-14,21,26,35-37H2,1-2H3,(H,52,55)/t38-,45+,48+,50?/m0/s1. The molecule has 0 spiro atoms. The number of thioether (sulfide) groups is 1. The summed E-state index contributed by atoms with van der Waals surface area (Å²) in [6.45, 7) is 4.92. The molecule has 4 aromatic carbocycles. The number of carbonyl (C=O) groups is 1. The zero-order valence-corrected chi connectivity index (χ0v) is 36.0. The number of rotatable bonds is 24. The van der Waals surface area contributed by atoms with E-state index in [0.717, 1.165) is 57.7 Å². The first kappa shape index (κ1) is 44.3. The summed E-state index contributed by atoms with van der Waals surface area (Å²) in [6, 6.07) is 36.4. The molecule has 0 radical (unpaired) electrons. The van der Waals surface area contributed by atoms with E-state index in [4.69, 9.17) is 18.9 Å². The van der Waals surface area contributed by atoms with Gasteiger partial charge in [0.05, 0.1) is 18.8 Å². The fourth-order valence-corrected chi connectivity index (χ4v) is 8.77. The lowest BCUT2D eigenvalue weighted by Gasteiger charge is -2.41. The smallest absolute Gasteiger partial charge is 0.256 e. The highest BCUT2D eigenvalue weighted by Gasteiger charge is 2.38. The molecule has 5 aromatic rings. The molecule has 2 N–H and O–H groups in total. The maximum atomic E-state index is 12.7. The van der Waals surface area contributed by atoms with Crippen molar-refractivity contribution in [3.05, 3.63) is 131 Å². The van der Waals surface area contributed by atoms with Gasteiger partial charge >= 0.3 is 0 Å². The van der Waals surface area contributed by atoms with Crippen LogP contribution in [0.5, 0.6) is 0 Å². The van der Waals surface area contributed by atoms with Crippen molar-refractivity contribution in [2.75, 3.05) is 5.75 Å². The molecule has 1 fully saturated rings. The second-order valence-corrected chi connectivity index (χ2v) is 17.0. The van der Waals surface area contributed by atoms with E-state index in [1.807, 2.05) is 97.1 Å². The van der Waals surface area contributed by atoms with Gasteiger partial charge in [-0.1, -0.05) is 212 Å². The van der Waals surface area contributed by atoms with Crippen LogP contribution in [0.2, 0.25) is 0 Å². The maximum absolute atomic E-state index is 12.7. The van der Waals surface area contributed by atoms with Crippen molar-refractivity contribution >= 4 is 17.7 Å². The average molecular weight is 817 g/mol. The van der Waals surface area contributed by atoms with Crippen LogP contribution in [-0.2, 0) is 27.4 Å². The number of hydrogen-bond acceptors (Lipinski definition) is 7. The van der Waals surface area contributed by atoms with Crippen LogP contribution >= 0.6 is 11.8 Å². The molecule has 1 saturated heterocycles. The van der Waals surface area contributed by atoms with Gasteiger partial charge < -0.3 is 24.3 Å². The van der Waals surface area contributed by atoms with Gasteiger partial charge in [-0.05, 0) is 23.1 Å². The summed E-state index contributed by atoms with van der Waals surface area (Å²) in [5.41, 5.74) is 6.64. The Morgan fingerprint density at radius 3 is 1.85 bits per heavy atom. The lowest BCUT2D eigenvalue weighted by Crippen LogP contribution is -2.38. The van der Waals surface area contributed by atoms with Crippen LogP contribution in [0.4, 0.5) is 0 Å². The first-order chi connectivity index (χ1) is 29.0. The number of hydrogen-bond donors (Lipinski definition) is 2. The molecule has 4 atom stereocenters. The third kappa shape index (κ3) is 13.7. The molecule has 2 heterocycles. The predicted molar refractivity (Wildman–Crippen MR) is 240 cm³/mol. The minimum absolute atomic E-state index is 0.00924. The monoisotopic (exact) mass is 816 g/mol. The molecule has 1 amide bonds. The van der Waals surface area contributed by atoms with Crippen molar-refractivity contribution in [3.8, 4) is 22.6 Å². The predicted octanol–water partition coefficient (Wildman–Crippen LogP) is 13.2. The summed E-state index contributed by atoms with van der Waals surface area (Å²) in [7, 11) is 0. The molecule has 59 heavy (non-hydrogen) atoms. The number of aromatic nitrogens is 1. The van der Waals surface area contributed by atoms with E-state index in [9.17, 15) is 9.90 Å². The van der Waals surface area contributed by atoms with E-state index in [-0.39, 0.29) is 30.6 Å². The Morgan fingerprint density at radius 1 is 0.678 bits per heavy atom. The molecule has 0 saturated carbocycles. The normalized spacial score (nSPS) is 17.9. The number of ether oxygens (including phenoxy) is 2. The summed E-state index contributed by atoms with van der Waals surface area (Å²) >= 11 is 1.55. The van der Waals surface area contributed by atoms with E-state index in [1.165, 1.54) is 70.6 Å². The van der Waals surface area contributed by atoms with Crippen LogP contribution in [0.25, 0.3) is 22.6 Å². The van der Waals surface area contributed by atoms with Gasteiger partial charge in [-0.2, -0.15) is 0 Å². The Hall–Kier alpha value is -4.21. The lowest BCUT2D eigenvalue weighted by molar-refractivity contribution is -0.268. The van der Waals surface area contributed by atoms with E-state index < -0.39 is 6.29 Å². The topological polar surface area (TPSA) is 93.8 Å². The molecule has 0 aliphatic carbocycles. The number of nitrogens with one attached hydrogen (secondary N) is 1. The molecule has 8 heteroatoms. The largest absolute Gasteiger partial charge is 0.431 e. The van der Waals surface area contributed by atoms with Gasteiger partial charge in [-0.25, -0.2) is 4.98 Å². The molecular formula is C51H64N2O5S. The summed E-state index contributed by atoms with van der Waals surface area (Å²) in [5.74, 6) is 1.48. The van der Waals surface area contributed by atoms with Crippen LogP contribution < -0.4 is 5.32 Å². The first-order valence-electron chi connectivity index (χ1n) is 22.1. The van der Waals surface area contributed by atoms with Gasteiger partial charge in [-0.3, -0.25) is 4.79 Å². The van der Waals surface area contributed by atoms with Crippen molar-refractivity contribution in [2.24, 2.45) is 5.92 Å². The first-order valence-corrected chi connectivity index (χ1v) is 23.1. The van der Waals surface area contributed by atoms with Crippen molar-refractivity contribution in [1.82, 2.24) is 10.3 Å². The van der Waals surface area contributed by atoms with Gasteiger partial charge in [-0.15, -0.1) is 0 Å². The van der Waals surface area contributed by atoms with Gasteiger partial charge in [0.1, 0.15) is 5.69 Å². The number of carbonyl (C=O) groups excluding carboxylic acids is 1. The van der Waals surface area contributed by atoms with E-state index in [1.54, 1.807) is 11.8 Å². The van der Waals surface area contributed by atoms with Crippen LogP contribution in [0.1, 0.15) is 138 Å². The Labute approximate surface area is 356 Å². The zero-order chi connectivity index (χ0) is 41.1. The second kappa shape index (κ2) is 24.1. The Morgan fingerprint density at radius 2 is 1.24 bits per heavy atom. The van der Waals surface area contributed by atoms with Crippen molar-refractivity contribution < 1.29 is 23.8 Å². The van der Waals surface area contributed by atoms with E-state index in [2.05, 4.69) is 31.3 Å². The fourth-order valence-electron chi connectivity index (χ4n) is 7.79. The lowest BCUT2D eigenvalue weighted by atomic mass is 9.91. The van der Waals surface area contributed by atoms with Gasteiger partial charge in [0.2, 0.25) is 5.91 Å². The third-order valence-corrected chi connectivity index (χ3v) is 12.4. The fraction of sp³-hybridized carbons (Fsp3) is 0.451. The zero-order valence-electron chi connectivity index (χ0n) is 35.2. The molecule has 7 nitrogen and oxygen atoms in total. The Balaban J connectivity index is 1.02. The number of aliphatic hydroxyl groups excluding tert-OH is 1. The highest BCUT2D eigenvalue weighted by molar-refractivity contribution is 7.99. The summed E-state index contributed by atoms with van der Waals surface area (Å²) < 4.78 is 19.9. The maximum Gasteiger partial charge on any atom is 0.256 e. The Bertz CT molecular complexity index is 1880. The van der Waals surface area contributed by atoms with Crippen LogP contribution in [0.15, 0.2) is 119 Å². The minimum Gasteiger partial charge on any atom is -0.431 e. The Kier molecular flexibility index (Phi) is 18.1. The van der Waals surface area contributed by atoms with E-state index in [0.29, 0.717) is 23.9 Å². The molecule has 314 valence electrons. The summed E-state index contributed by atoms with van der Waals surface area (Å²) in [4.78, 5) is 17.6. The number of oxazole rings is 1. The SMILES string of the molecule is CCCCCCCCCCCCCCCC(=O)NCc1ccc(C2O[C@H](CSc3nc(-c4ccccc4)c(-c4ccccc4)o3)[C@H](C)[C@H](c3ccc(CO)cc3)O2)cc1. The quantitative estimate of drug-likeness (QED) is 0.0473.